The predicted molar refractivity (Wildman–Crippen MR) is 70.7 cm³/mol. The van der Waals surface area contributed by atoms with E-state index in [2.05, 4.69) is 6.58 Å². The van der Waals surface area contributed by atoms with Gasteiger partial charge in [-0.25, -0.2) is 13.8 Å². The van der Waals surface area contributed by atoms with E-state index in [0.29, 0.717) is 5.06 Å². The molecule has 5 nitrogen and oxygen atoms in total. The SMILES string of the molecule is C=CC[C@]1(F)CCN(/C=C/C[C@]2(F)CCN(O)C2=O)C1=O. The Morgan fingerprint density at radius 3 is 2.33 bits per heavy atom. The van der Waals surface area contributed by atoms with Gasteiger partial charge in [-0.15, -0.1) is 6.58 Å². The summed E-state index contributed by atoms with van der Waals surface area (Å²) in [4.78, 5) is 24.5. The number of halogens is 2. The molecule has 0 spiro atoms. The Labute approximate surface area is 121 Å². The van der Waals surface area contributed by atoms with E-state index < -0.39 is 23.2 Å². The van der Waals surface area contributed by atoms with E-state index in [1.165, 1.54) is 23.3 Å². The molecule has 0 unspecified atom stereocenters. The highest BCUT2D eigenvalue weighted by molar-refractivity contribution is 5.88. The van der Waals surface area contributed by atoms with E-state index in [1.807, 2.05) is 0 Å². The lowest BCUT2D eigenvalue weighted by atomic mass is 10.00. The van der Waals surface area contributed by atoms with E-state index in [1.54, 1.807) is 0 Å². The number of alkyl halides is 2. The van der Waals surface area contributed by atoms with E-state index in [-0.39, 0.29) is 38.8 Å². The average molecular weight is 300 g/mol. The van der Waals surface area contributed by atoms with Crippen molar-refractivity contribution in [3.63, 3.8) is 0 Å². The second kappa shape index (κ2) is 5.55. The number of nitrogens with zero attached hydrogens (tertiary/aromatic N) is 2. The lowest BCUT2D eigenvalue weighted by Gasteiger charge is -2.17. The maximum absolute atomic E-state index is 14.2. The van der Waals surface area contributed by atoms with Gasteiger partial charge in [-0.3, -0.25) is 14.8 Å². The summed E-state index contributed by atoms with van der Waals surface area (Å²) in [6.07, 6.45) is 3.63. The standard InChI is InChI=1S/C14H18F2N2O3/c1-2-4-13(15)6-9-17(11(13)19)8-3-5-14(16)7-10-18(21)12(14)20/h2-3,8,21H,1,4-7,9-10H2/b8-3+/t13-,14-/m0/s1. The molecule has 0 aromatic rings. The molecule has 0 aliphatic carbocycles. The largest absolute Gasteiger partial charge is 0.316 e. The lowest BCUT2D eigenvalue weighted by molar-refractivity contribution is -0.165. The van der Waals surface area contributed by atoms with Gasteiger partial charge in [0.05, 0.1) is 6.54 Å². The summed E-state index contributed by atoms with van der Waals surface area (Å²) >= 11 is 0. The van der Waals surface area contributed by atoms with Crippen molar-refractivity contribution in [3.05, 3.63) is 24.9 Å². The second-order valence-electron chi connectivity index (χ2n) is 5.44. The maximum atomic E-state index is 14.2. The van der Waals surface area contributed by atoms with Crippen molar-refractivity contribution in [2.24, 2.45) is 0 Å². The van der Waals surface area contributed by atoms with E-state index in [0.717, 1.165) is 0 Å². The third-order valence-electron chi connectivity index (χ3n) is 3.93. The van der Waals surface area contributed by atoms with Gasteiger partial charge < -0.3 is 4.90 Å². The zero-order chi connectivity index (χ0) is 15.7. The Morgan fingerprint density at radius 1 is 1.14 bits per heavy atom. The van der Waals surface area contributed by atoms with Gasteiger partial charge in [0.15, 0.2) is 11.3 Å². The lowest BCUT2D eigenvalue weighted by Crippen LogP contribution is -2.35. The van der Waals surface area contributed by atoms with Crippen molar-refractivity contribution in [1.82, 2.24) is 9.96 Å². The second-order valence-corrected chi connectivity index (χ2v) is 5.44. The molecule has 7 heteroatoms. The molecule has 2 heterocycles. The van der Waals surface area contributed by atoms with Gasteiger partial charge in [0.1, 0.15) is 0 Å². The summed E-state index contributed by atoms with van der Waals surface area (Å²) in [5, 5.41) is 9.46. The first-order valence-electron chi connectivity index (χ1n) is 6.80. The monoisotopic (exact) mass is 300 g/mol. The molecule has 2 fully saturated rings. The quantitative estimate of drug-likeness (QED) is 0.621. The molecule has 0 aromatic heterocycles. The Morgan fingerprint density at radius 2 is 1.76 bits per heavy atom. The molecular formula is C14H18F2N2O3. The Balaban J connectivity index is 1.96. The fraction of sp³-hybridized carbons (Fsp3) is 0.571. The number of hydroxylamine groups is 2. The van der Waals surface area contributed by atoms with Crippen molar-refractivity contribution >= 4 is 11.8 Å². The van der Waals surface area contributed by atoms with Crippen LogP contribution in [0.2, 0.25) is 0 Å². The van der Waals surface area contributed by atoms with Crippen LogP contribution in [0.15, 0.2) is 24.9 Å². The van der Waals surface area contributed by atoms with E-state index in [4.69, 9.17) is 5.21 Å². The van der Waals surface area contributed by atoms with Crippen LogP contribution in [0.3, 0.4) is 0 Å². The van der Waals surface area contributed by atoms with Gasteiger partial charge in [0.2, 0.25) is 0 Å². The molecular weight excluding hydrogens is 282 g/mol. The van der Waals surface area contributed by atoms with Gasteiger partial charge in [-0.2, -0.15) is 0 Å². The summed E-state index contributed by atoms with van der Waals surface area (Å²) in [5.41, 5.74) is -4.09. The zero-order valence-electron chi connectivity index (χ0n) is 11.6. The molecule has 1 N–H and O–H groups in total. The summed E-state index contributed by atoms with van der Waals surface area (Å²) in [6, 6.07) is 0. The predicted octanol–water partition coefficient (Wildman–Crippen LogP) is 1.74. The molecule has 2 saturated heterocycles. The highest BCUT2D eigenvalue weighted by Crippen LogP contribution is 2.32. The first-order chi connectivity index (χ1) is 9.82. The number of carbonyl (C=O) groups is 2. The van der Waals surface area contributed by atoms with Crippen LogP contribution in [-0.4, -0.2) is 51.4 Å². The highest BCUT2D eigenvalue weighted by atomic mass is 19.1. The molecule has 0 saturated carbocycles. The van der Waals surface area contributed by atoms with Crippen LogP contribution < -0.4 is 0 Å². The fourth-order valence-corrected chi connectivity index (χ4v) is 2.60. The number of allylic oxidation sites excluding steroid dienone is 2. The van der Waals surface area contributed by atoms with Crippen molar-refractivity contribution in [2.75, 3.05) is 13.1 Å². The summed E-state index contributed by atoms with van der Waals surface area (Å²) < 4.78 is 28.4. The van der Waals surface area contributed by atoms with Crippen LogP contribution in [0.25, 0.3) is 0 Å². The summed E-state index contributed by atoms with van der Waals surface area (Å²) in [7, 11) is 0. The van der Waals surface area contributed by atoms with Gasteiger partial charge in [-0.05, 0) is 0 Å². The fourth-order valence-electron chi connectivity index (χ4n) is 2.60. The number of likely N-dealkylation sites (tertiary alicyclic amines) is 1. The summed E-state index contributed by atoms with van der Waals surface area (Å²) in [6.45, 7) is 3.57. The van der Waals surface area contributed by atoms with Crippen LogP contribution in [-0.2, 0) is 9.59 Å². The number of hydrogen-bond acceptors (Lipinski definition) is 3. The molecule has 2 amide bonds. The van der Waals surface area contributed by atoms with Crippen molar-refractivity contribution in [1.29, 1.82) is 0 Å². The van der Waals surface area contributed by atoms with Crippen molar-refractivity contribution < 1.29 is 23.6 Å². The molecule has 21 heavy (non-hydrogen) atoms. The molecule has 2 aliphatic rings. The summed E-state index contributed by atoms with van der Waals surface area (Å²) in [5.74, 6) is -1.65. The van der Waals surface area contributed by atoms with Gasteiger partial charge in [0, 0.05) is 38.4 Å². The number of amides is 2. The molecule has 0 bridgehead atoms. The van der Waals surface area contributed by atoms with Gasteiger partial charge in [0.25, 0.3) is 11.8 Å². The number of carbonyl (C=O) groups excluding carboxylic acids is 2. The Kier molecular flexibility index (Phi) is 4.13. The normalized spacial score (nSPS) is 33.5. The Hall–Kier alpha value is -1.76. The molecule has 2 aliphatic heterocycles. The zero-order valence-corrected chi connectivity index (χ0v) is 11.6. The third kappa shape index (κ3) is 2.83. The van der Waals surface area contributed by atoms with Crippen LogP contribution in [0.4, 0.5) is 8.78 Å². The maximum Gasteiger partial charge on any atom is 0.283 e. The number of rotatable bonds is 5. The average Bonchev–Trinajstić information content (AvgIpc) is 2.86. The first-order valence-corrected chi connectivity index (χ1v) is 6.80. The van der Waals surface area contributed by atoms with Crippen LogP contribution in [0.1, 0.15) is 25.7 Å². The number of hydrogen-bond donors (Lipinski definition) is 1. The molecule has 0 aromatic carbocycles. The van der Waals surface area contributed by atoms with Crippen LogP contribution >= 0.6 is 0 Å². The van der Waals surface area contributed by atoms with E-state index >= 15 is 0 Å². The molecule has 2 atom stereocenters. The minimum atomic E-state index is -2.15. The van der Waals surface area contributed by atoms with Gasteiger partial charge >= 0.3 is 0 Å². The van der Waals surface area contributed by atoms with E-state index in [9.17, 15) is 18.4 Å². The van der Waals surface area contributed by atoms with Gasteiger partial charge in [-0.1, -0.05) is 12.2 Å². The Bertz CT molecular complexity index is 497. The molecule has 0 radical (unpaired) electrons. The third-order valence-corrected chi connectivity index (χ3v) is 3.93. The minimum Gasteiger partial charge on any atom is -0.316 e. The topological polar surface area (TPSA) is 60.9 Å². The van der Waals surface area contributed by atoms with Crippen molar-refractivity contribution in [2.45, 2.75) is 37.0 Å². The minimum absolute atomic E-state index is 0.0544. The van der Waals surface area contributed by atoms with Crippen LogP contribution in [0.5, 0.6) is 0 Å². The molecule has 2 rings (SSSR count). The molecule has 116 valence electrons. The van der Waals surface area contributed by atoms with Crippen molar-refractivity contribution in [3.8, 4) is 0 Å². The smallest absolute Gasteiger partial charge is 0.283 e. The van der Waals surface area contributed by atoms with Crippen LogP contribution in [0, 0.1) is 0 Å². The first kappa shape index (κ1) is 15.6. The highest BCUT2D eigenvalue weighted by Gasteiger charge is 2.47.